The van der Waals surface area contributed by atoms with Gasteiger partial charge < -0.3 is 27.8 Å². The summed E-state index contributed by atoms with van der Waals surface area (Å²) in [6.45, 7) is -0.861. The van der Waals surface area contributed by atoms with E-state index in [1.807, 2.05) is 182 Å². The second-order valence-corrected chi connectivity index (χ2v) is 28.5. The first kappa shape index (κ1) is 51.0. The van der Waals surface area contributed by atoms with Crippen molar-refractivity contribution in [1.82, 2.24) is 9.13 Å². The third-order valence-electron chi connectivity index (χ3n) is 22.5. The molecule has 17 aromatic carbocycles. The van der Waals surface area contributed by atoms with E-state index in [4.69, 9.17) is 8.83 Å². The van der Waals surface area contributed by atoms with E-state index >= 15 is 0 Å². The molecule has 4 aromatic heterocycles. The summed E-state index contributed by atoms with van der Waals surface area (Å²) in [6, 6.07) is 91.7. The molecule has 522 valence electrons. The van der Waals surface area contributed by atoms with Crippen LogP contribution in [0.15, 0.2) is 379 Å². The Bertz CT molecular complexity index is 8090. The summed E-state index contributed by atoms with van der Waals surface area (Å²) in [6.07, 6.45) is 0. The summed E-state index contributed by atoms with van der Waals surface area (Å²) in [5, 5.41) is 24.5. The molecule has 21 aromatic rings. The van der Waals surface area contributed by atoms with Crippen molar-refractivity contribution in [3.63, 3.8) is 0 Å². The number of furan rings is 2. The molecule has 2 aliphatic rings. The lowest BCUT2D eigenvalue weighted by Gasteiger charge is -2.46. The predicted molar refractivity (Wildman–Crippen MR) is 466 cm³/mol. The monoisotopic (exact) mass is 1450 g/mol. The molecule has 8 nitrogen and oxygen atoms in total. The van der Waals surface area contributed by atoms with Crippen LogP contribution < -0.4 is 26.2 Å². The van der Waals surface area contributed by atoms with Gasteiger partial charge in [-0.1, -0.05) is 249 Å². The number of nitrogens with zero attached hydrogens (tertiary/aromatic N) is 6. The van der Waals surface area contributed by atoms with Crippen molar-refractivity contribution in [2.75, 3.05) is 9.80 Å². The van der Waals surface area contributed by atoms with Gasteiger partial charge in [-0.05, 0) is 176 Å². The van der Waals surface area contributed by atoms with E-state index in [-0.39, 0.29) is 55.0 Å². The average molecular weight is 1450 g/mol. The highest BCUT2D eigenvalue weighted by Crippen LogP contribution is 2.55. The molecule has 0 saturated carbocycles. The van der Waals surface area contributed by atoms with Crippen LogP contribution in [0.25, 0.3) is 166 Å². The van der Waals surface area contributed by atoms with E-state index < -0.39 is 102 Å². The Balaban J connectivity index is 0.934. The van der Waals surface area contributed by atoms with Crippen LogP contribution in [0, 0.1) is 22.7 Å². The Morgan fingerprint density at radius 3 is 1.19 bits per heavy atom. The number of rotatable bonds is 10. The summed E-state index contributed by atoms with van der Waals surface area (Å²) >= 11 is 0. The lowest BCUT2D eigenvalue weighted by molar-refractivity contribution is 0.668. The fraction of sp³-hybridized carbons (Fsp3) is 0. The van der Waals surface area contributed by atoms with Crippen LogP contribution in [0.3, 0.4) is 0 Å². The van der Waals surface area contributed by atoms with E-state index in [0.717, 1.165) is 93.8 Å². The normalized spacial score (nSPS) is 14.1. The van der Waals surface area contributed by atoms with Crippen molar-refractivity contribution in [3.05, 3.63) is 381 Å². The minimum atomic E-state index is -0.861. The molecule has 0 spiro atoms. The molecule has 0 unspecified atom stereocenters. The summed E-state index contributed by atoms with van der Waals surface area (Å²) in [7, 11) is 0. The van der Waals surface area contributed by atoms with Gasteiger partial charge in [0.15, 0.2) is 0 Å². The summed E-state index contributed by atoms with van der Waals surface area (Å²) in [4.78, 5) is 4.56. The Labute approximate surface area is 670 Å². The molecule has 2 aliphatic heterocycles. The Kier molecular flexibility index (Phi) is 11.3. The minimum absolute atomic E-state index is 0.0975. The van der Waals surface area contributed by atoms with Crippen molar-refractivity contribution in [1.29, 1.82) is 10.5 Å². The van der Waals surface area contributed by atoms with Gasteiger partial charge in [0.2, 0.25) is 0 Å². The number of aromatic nitrogens is 2. The van der Waals surface area contributed by atoms with Crippen molar-refractivity contribution < 1.29 is 28.0 Å². The molecule has 0 aliphatic carbocycles. The van der Waals surface area contributed by atoms with Crippen molar-refractivity contribution in [2.45, 2.75) is 0 Å². The van der Waals surface area contributed by atoms with Crippen molar-refractivity contribution in [2.24, 2.45) is 0 Å². The molecule has 0 saturated heterocycles. The fourth-order valence-electron chi connectivity index (χ4n) is 17.6. The molecular weight excluding hydrogens is 1380 g/mol. The highest BCUT2D eigenvalue weighted by molar-refractivity contribution is 7.00. The number of fused-ring (bicyclic) bond motifs is 16. The van der Waals surface area contributed by atoms with E-state index in [9.17, 15) is 29.7 Å². The molecule has 0 radical (unpaired) electrons. The molecule has 113 heavy (non-hydrogen) atoms. The van der Waals surface area contributed by atoms with Gasteiger partial charge in [-0.2, -0.15) is 10.5 Å². The van der Waals surface area contributed by atoms with Crippen LogP contribution in [0.5, 0.6) is 0 Å². The fourth-order valence-corrected chi connectivity index (χ4v) is 17.6. The van der Waals surface area contributed by atoms with Crippen LogP contribution in [-0.2, 0) is 0 Å². The smallest absolute Gasteiger partial charge is 0.252 e. The lowest BCUT2D eigenvalue weighted by atomic mass is 9.33. The average Bonchev–Trinajstić information content (AvgIpc) is 1.14. The number of hydrogen-bond donors (Lipinski definition) is 0. The van der Waals surface area contributed by atoms with Crippen LogP contribution >= 0.6 is 0 Å². The Hall–Kier alpha value is -15.4. The lowest BCUT2D eigenvalue weighted by Crippen LogP contribution is -2.61. The molecular formula is C104H61BN6O2. The zero-order valence-corrected chi connectivity index (χ0v) is 59.7. The van der Waals surface area contributed by atoms with Crippen molar-refractivity contribution in [3.8, 4) is 90.3 Å². The predicted octanol–water partition coefficient (Wildman–Crippen LogP) is 25.5. The molecule has 0 atom stereocenters. The molecule has 0 bridgehead atoms. The first-order chi connectivity index (χ1) is 61.8. The third kappa shape index (κ3) is 9.76. The summed E-state index contributed by atoms with van der Waals surface area (Å²) in [5.41, 5.74) is 17.4. The zero-order valence-electron chi connectivity index (χ0n) is 73.7. The van der Waals surface area contributed by atoms with E-state index in [1.165, 1.54) is 9.13 Å². The maximum Gasteiger partial charge on any atom is 0.252 e. The van der Waals surface area contributed by atoms with Gasteiger partial charge in [0, 0.05) is 105 Å². The van der Waals surface area contributed by atoms with Gasteiger partial charge in [-0.3, -0.25) is 0 Å². The van der Waals surface area contributed by atoms with E-state index in [2.05, 4.69) is 125 Å². The standard InChI is InChI=1S/C104H61BN6O2/c106-62-64-43-50-92-84(53-64)79-31-13-17-39-90(79)108(92)73-46-48-88-94(60-73)110(102-75(66-23-5-1-6-24-66)35-21-36-76(102)67-25-7-2-8-26-67)96-58-72(71-56-83(104-87(57-71)82-34-16-20-42-99(82)113-104)70-45-52-100-86(55-70)81-33-15-19-41-98(81)112-100)59-97-101(96)105(88)89-49-47-74(109-91-40-18-14-32-80(91)85-54-65(63-107)44-51-93(85)109)61-95(89)111(97)103-77(68-27-9-3-10-28-68)37-22-38-78(103)69-29-11-4-12-30-69/h1-61H/i13D,14D,17D,18D,31D,32D,39D,40D,43D,44D,50D,51D,53D,54D. The van der Waals surface area contributed by atoms with Gasteiger partial charge >= 0.3 is 0 Å². The second kappa shape index (κ2) is 25.1. The van der Waals surface area contributed by atoms with Crippen LogP contribution in [-0.4, -0.2) is 15.8 Å². The largest absolute Gasteiger partial charge is 0.456 e. The van der Waals surface area contributed by atoms with E-state index in [1.54, 1.807) is 0 Å². The second-order valence-electron chi connectivity index (χ2n) is 28.5. The first-order valence-electron chi connectivity index (χ1n) is 44.1. The van der Waals surface area contributed by atoms with E-state index in [0.29, 0.717) is 67.4 Å². The Morgan fingerprint density at radius 1 is 0.292 bits per heavy atom. The number of benzene rings is 17. The zero-order chi connectivity index (χ0) is 86.7. The molecule has 9 heteroatoms. The highest BCUT2D eigenvalue weighted by Gasteiger charge is 2.46. The summed E-state index contributed by atoms with van der Waals surface area (Å²) in [5.74, 6) is 0. The number of nitriles is 2. The van der Waals surface area contributed by atoms with Crippen LogP contribution in [0.2, 0.25) is 0 Å². The van der Waals surface area contributed by atoms with Crippen LogP contribution in [0.4, 0.5) is 34.1 Å². The quantitative estimate of drug-likeness (QED) is 0.127. The maximum absolute atomic E-state index is 10.7. The SMILES string of the molecule is [2H]c1c([2H])c([2H])c2c(c1[2H])c1c([2H])c(C#N)c([2H])c([2H])c1n2-c1ccc2c(c1)N(c1c(-c3ccccc3)cccc1-c1ccccc1)c1cc(-c3cc(-c4ccc5oc6ccccc6c5c4)c4oc5ccccc5c4c3)cc3c1B2c1ccc(-n2c4c([2H])c([2H])c([2H])c([2H])c4c4c([2H])c(C#N)c([2H])c([2H])c42)cc1N3c1c(-c2ccccc2)cccc1-c1ccccc1. The Morgan fingerprint density at radius 2 is 0.708 bits per heavy atom. The molecule has 0 amide bonds. The van der Waals surface area contributed by atoms with Gasteiger partial charge in [0.1, 0.15) is 22.3 Å². The van der Waals surface area contributed by atoms with Gasteiger partial charge in [0.25, 0.3) is 6.71 Å². The number of para-hydroxylation sites is 6. The highest BCUT2D eigenvalue weighted by atomic mass is 16.3. The van der Waals surface area contributed by atoms with Gasteiger partial charge in [-0.25, -0.2) is 0 Å². The topological polar surface area (TPSA) is 90.2 Å². The third-order valence-corrected chi connectivity index (χ3v) is 22.5. The van der Waals surface area contributed by atoms with Crippen molar-refractivity contribution >= 4 is 145 Å². The first-order valence-corrected chi connectivity index (χ1v) is 37.1. The molecule has 6 heterocycles. The molecule has 0 fully saturated rings. The van der Waals surface area contributed by atoms with Gasteiger partial charge in [-0.15, -0.1) is 0 Å². The van der Waals surface area contributed by atoms with Crippen LogP contribution in [0.1, 0.15) is 30.3 Å². The molecule has 0 N–H and O–H groups in total. The van der Waals surface area contributed by atoms with Gasteiger partial charge in [0.05, 0.1) is 75.9 Å². The maximum atomic E-state index is 10.7. The number of anilines is 6. The summed E-state index contributed by atoms with van der Waals surface area (Å²) < 4.78 is 152. The minimum Gasteiger partial charge on any atom is -0.456 e. The number of hydrogen-bond acceptors (Lipinski definition) is 6. The molecule has 23 rings (SSSR count).